The molecule has 0 aliphatic rings. The fourth-order valence-corrected chi connectivity index (χ4v) is 1.43. The van der Waals surface area contributed by atoms with E-state index in [4.69, 9.17) is 4.74 Å². The van der Waals surface area contributed by atoms with E-state index in [0.717, 1.165) is 18.6 Å². The van der Waals surface area contributed by atoms with Crippen molar-refractivity contribution in [1.82, 2.24) is 5.32 Å². The van der Waals surface area contributed by atoms with Crippen LogP contribution in [-0.2, 0) is 0 Å². The number of nitrogens with one attached hydrogen (secondary N) is 1. The molecule has 0 aliphatic carbocycles. The first-order valence-electron chi connectivity index (χ1n) is 5.95. The predicted octanol–water partition coefficient (Wildman–Crippen LogP) is 2.09. The fourth-order valence-electron chi connectivity index (χ4n) is 1.43. The van der Waals surface area contributed by atoms with Crippen molar-refractivity contribution < 1.29 is 18.6 Å². The minimum atomic E-state index is -0.745. The second-order valence-corrected chi connectivity index (χ2v) is 4.49. The summed E-state index contributed by atoms with van der Waals surface area (Å²) in [5, 5.41) is 12.4. The zero-order valence-corrected chi connectivity index (χ0v) is 10.7. The maximum atomic E-state index is 13.3. The van der Waals surface area contributed by atoms with Gasteiger partial charge in [-0.2, -0.15) is 0 Å². The largest absolute Gasteiger partial charge is 0.486 e. The molecule has 2 N–H and O–H groups in total. The molecular formula is C13H19F2NO2. The number of rotatable bonds is 7. The molecule has 3 nitrogen and oxygen atoms in total. The number of ether oxygens (including phenoxy) is 1. The standard InChI is InChI=1S/C13H19F2NO2/c1-3-7-16-13(2,8-17)9-18-12-10(14)5-4-6-11(12)15/h4-6,16-17H,3,7-9H2,1-2H3. The van der Waals surface area contributed by atoms with Gasteiger partial charge in [-0.3, -0.25) is 0 Å². The third kappa shape index (κ3) is 3.92. The molecule has 1 aromatic rings. The van der Waals surface area contributed by atoms with Crippen LogP contribution in [0.2, 0.25) is 0 Å². The molecule has 0 amide bonds. The summed E-state index contributed by atoms with van der Waals surface area (Å²) < 4.78 is 31.8. The van der Waals surface area contributed by atoms with Gasteiger partial charge in [0.05, 0.1) is 12.1 Å². The molecule has 0 radical (unpaired) electrons. The van der Waals surface area contributed by atoms with E-state index in [1.165, 1.54) is 6.07 Å². The third-order valence-electron chi connectivity index (χ3n) is 2.60. The zero-order valence-electron chi connectivity index (χ0n) is 10.7. The average Bonchev–Trinajstić information content (AvgIpc) is 2.36. The van der Waals surface area contributed by atoms with Crippen LogP contribution in [0.25, 0.3) is 0 Å². The smallest absolute Gasteiger partial charge is 0.190 e. The van der Waals surface area contributed by atoms with Crippen LogP contribution in [0, 0.1) is 11.6 Å². The van der Waals surface area contributed by atoms with Gasteiger partial charge in [0.1, 0.15) is 6.61 Å². The van der Waals surface area contributed by atoms with Gasteiger partial charge in [-0.1, -0.05) is 13.0 Å². The molecule has 0 heterocycles. The Morgan fingerprint density at radius 3 is 2.44 bits per heavy atom. The third-order valence-corrected chi connectivity index (χ3v) is 2.60. The summed E-state index contributed by atoms with van der Waals surface area (Å²) >= 11 is 0. The molecule has 5 heteroatoms. The lowest BCUT2D eigenvalue weighted by molar-refractivity contribution is 0.111. The number of hydrogen-bond acceptors (Lipinski definition) is 3. The number of aliphatic hydroxyl groups is 1. The summed E-state index contributed by atoms with van der Waals surface area (Å²) in [5.41, 5.74) is -0.718. The lowest BCUT2D eigenvalue weighted by Gasteiger charge is -2.28. The molecule has 0 fully saturated rings. The number of para-hydroxylation sites is 1. The normalized spacial score (nSPS) is 14.3. The maximum Gasteiger partial charge on any atom is 0.190 e. The summed E-state index contributed by atoms with van der Waals surface area (Å²) in [4.78, 5) is 0. The predicted molar refractivity (Wildman–Crippen MR) is 65.6 cm³/mol. The van der Waals surface area contributed by atoms with Crippen LogP contribution in [0.4, 0.5) is 8.78 Å². The summed E-state index contributed by atoms with van der Waals surface area (Å²) in [6.45, 7) is 4.23. The highest BCUT2D eigenvalue weighted by atomic mass is 19.1. The minimum absolute atomic E-state index is 0.0125. The maximum absolute atomic E-state index is 13.3. The van der Waals surface area contributed by atoms with Crippen LogP contribution in [0.5, 0.6) is 5.75 Å². The van der Waals surface area contributed by atoms with Crippen molar-refractivity contribution >= 4 is 0 Å². The molecule has 18 heavy (non-hydrogen) atoms. The van der Waals surface area contributed by atoms with E-state index in [9.17, 15) is 13.9 Å². The Kier molecular flexibility index (Phi) is 5.50. The number of benzene rings is 1. The molecule has 1 rings (SSSR count). The van der Waals surface area contributed by atoms with E-state index in [-0.39, 0.29) is 13.2 Å². The zero-order chi connectivity index (χ0) is 13.6. The van der Waals surface area contributed by atoms with Crippen molar-refractivity contribution in [3.8, 4) is 5.75 Å². The molecular weight excluding hydrogens is 240 g/mol. The molecule has 0 aliphatic heterocycles. The second kappa shape index (κ2) is 6.66. The molecule has 102 valence electrons. The Hall–Kier alpha value is -1.20. The van der Waals surface area contributed by atoms with E-state index >= 15 is 0 Å². The Bertz CT molecular complexity index is 367. The van der Waals surface area contributed by atoms with Gasteiger partial charge in [-0.25, -0.2) is 8.78 Å². The summed E-state index contributed by atoms with van der Waals surface area (Å²) in [5.74, 6) is -1.90. The van der Waals surface area contributed by atoms with E-state index < -0.39 is 22.9 Å². The van der Waals surface area contributed by atoms with Crippen LogP contribution < -0.4 is 10.1 Å². The molecule has 0 saturated carbocycles. The SMILES string of the molecule is CCCNC(C)(CO)COc1c(F)cccc1F. The van der Waals surface area contributed by atoms with Crippen molar-refractivity contribution in [1.29, 1.82) is 0 Å². The first-order valence-corrected chi connectivity index (χ1v) is 5.95. The van der Waals surface area contributed by atoms with Gasteiger partial charge in [-0.15, -0.1) is 0 Å². The van der Waals surface area contributed by atoms with Gasteiger partial charge in [0, 0.05) is 0 Å². The molecule has 1 unspecified atom stereocenters. The molecule has 0 bridgehead atoms. The number of hydrogen-bond donors (Lipinski definition) is 2. The van der Waals surface area contributed by atoms with E-state index in [1.54, 1.807) is 6.92 Å². The van der Waals surface area contributed by atoms with Crippen LogP contribution >= 0.6 is 0 Å². The van der Waals surface area contributed by atoms with Gasteiger partial charge < -0.3 is 15.2 Å². The molecule has 1 aromatic carbocycles. The average molecular weight is 259 g/mol. The van der Waals surface area contributed by atoms with Crippen molar-refractivity contribution in [2.75, 3.05) is 19.8 Å². The van der Waals surface area contributed by atoms with Crippen LogP contribution in [0.1, 0.15) is 20.3 Å². The second-order valence-electron chi connectivity index (χ2n) is 4.49. The highest BCUT2D eigenvalue weighted by Crippen LogP contribution is 2.21. The molecule has 1 atom stereocenters. The monoisotopic (exact) mass is 259 g/mol. The van der Waals surface area contributed by atoms with Crippen molar-refractivity contribution in [2.45, 2.75) is 25.8 Å². The molecule has 0 aromatic heterocycles. The fraction of sp³-hybridized carbons (Fsp3) is 0.538. The topological polar surface area (TPSA) is 41.5 Å². The highest BCUT2D eigenvalue weighted by molar-refractivity contribution is 5.26. The number of halogens is 2. The van der Waals surface area contributed by atoms with E-state index in [2.05, 4.69) is 5.32 Å². The first-order chi connectivity index (χ1) is 8.52. The number of aliphatic hydroxyl groups excluding tert-OH is 1. The van der Waals surface area contributed by atoms with Crippen molar-refractivity contribution in [3.05, 3.63) is 29.8 Å². The summed E-state index contributed by atoms with van der Waals surface area (Å²) in [6.07, 6.45) is 0.893. The van der Waals surface area contributed by atoms with Gasteiger partial charge in [-0.05, 0) is 32.0 Å². The minimum Gasteiger partial charge on any atom is -0.486 e. The van der Waals surface area contributed by atoms with Gasteiger partial charge >= 0.3 is 0 Å². The highest BCUT2D eigenvalue weighted by Gasteiger charge is 2.24. The van der Waals surface area contributed by atoms with Crippen LogP contribution in [-0.4, -0.2) is 30.4 Å². The first kappa shape index (κ1) is 14.9. The van der Waals surface area contributed by atoms with Crippen LogP contribution in [0.15, 0.2) is 18.2 Å². The Labute approximate surface area is 106 Å². The molecule has 0 spiro atoms. The Morgan fingerprint density at radius 1 is 1.33 bits per heavy atom. The van der Waals surface area contributed by atoms with Crippen molar-refractivity contribution in [3.63, 3.8) is 0 Å². The van der Waals surface area contributed by atoms with Gasteiger partial charge in [0.25, 0.3) is 0 Å². The quantitative estimate of drug-likeness (QED) is 0.788. The van der Waals surface area contributed by atoms with E-state index in [0.29, 0.717) is 6.54 Å². The van der Waals surface area contributed by atoms with Crippen LogP contribution in [0.3, 0.4) is 0 Å². The van der Waals surface area contributed by atoms with E-state index in [1.807, 2.05) is 6.92 Å². The van der Waals surface area contributed by atoms with Crippen molar-refractivity contribution in [2.24, 2.45) is 0 Å². The van der Waals surface area contributed by atoms with Gasteiger partial charge in [0.2, 0.25) is 0 Å². The summed E-state index contributed by atoms with van der Waals surface area (Å²) in [6, 6.07) is 3.54. The lowest BCUT2D eigenvalue weighted by atomic mass is 10.1. The Balaban J connectivity index is 2.67. The van der Waals surface area contributed by atoms with Gasteiger partial charge in [0.15, 0.2) is 17.4 Å². The Morgan fingerprint density at radius 2 is 1.94 bits per heavy atom. The summed E-state index contributed by atoms with van der Waals surface area (Å²) in [7, 11) is 0. The lowest BCUT2D eigenvalue weighted by Crippen LogP contribution is -2.50. The molecule has 0 saturated heterocycles.